The maximum Gasteiger partial charge on any atom is 0.119 e. The first-order valence-corrected chi connectivity index (χ1v) is 8.24. The fourth-order valence-corrected chi connectivity index (χ4v) is 2.64. The molecule has 0 bridgehead atoms. The maximum atomic E-state index is 10.4. The van der Waals surface area contributed by atoms with Gasteiger partial charge in [0.1, 0.15) is 11.5 Å². The van der Waals surface area contributed by atoms with Crippen molar-refractivity contribution < 1.29 is 14.6 Å². The predicted octanol–water partition coefficient (Wildman–Crippen LogP) is 3.52. The largest absolute Gasteiger partial charge is 0.497 e. The van der Waals surface area contributed by atoms with Crippen molar-refractivity contribution in [3.05, 3.63) is 59.7 Å². The Morgan fingerprint density at radius 3 is 2.21 bits per heavy atom. The van der Waals surface area contributed by atoms with E-state index in [4.69, 9.17) is 9.47 Å². The van der Waals surface area contributed by atoms with Crippen molar-refractivity contribution in [2.24, 2.45) is 0 Å². The number of nitrogens with one attached hydrogen (secondary N) is 1. The van der Waals surface area contributed by atoms with Gasteiger partial charge >= 0.3 is 0 Å². The van der Waals surface area contributed by atoms with E-state index < -0.39 is 6.10 Å². The lowest BCUT2D eigenvalue weighted by Gasteiger charge is -2.24. The van der Waals surface area contributed by atoms with Crippen LogP contribution in [0, 0.1) is 0 Å². The molecular formula is C20H27NO3. The van der Waals surface area contributed by atoms with Crippen molar-refractivity contribution in [3.8, 4) is 11.5 Å². The molecule has 0 saturated heterocycles. The summed E-state index contributed by atoms with van der Waals surface area (Å²) in [6.07, 6.45) is -0.564. The van der Waals surface area contributed by atoms with E-state index in [0.29, 0.717) is 12.5 Å². The Kier molecular flexibility index (Phi) is 6.64. The first-order chi connectivity index (χ1) is 11.5. The fourth-order valence-electron chi connectivity index (χ4n) is 2.64. The van der Waals surface area contributed by atoms with Gasteiger partial charge in [-0.1, -0.05) is 31.2 Å². The lowest BCUT2D eigenvalue weighted by atomic mass is 9.94. The zero-order chi connectivity index (χ0) is 17.5. The number of ether oxygens (including phenoxy) is 2. The van der Waals surface area contributed by atoms with Crippen molar-refractivity contribution in [3.63, 3.8) is 0 Å². The molecule has 0 aliphatic heterocycles. The second-order valence-electron chi connectivity index (χ2n) is 6.05. The lowest BCUT2D eigenvalue weighted by molar-refractivity contribution is 0.168. The Hall–Kier alpha value is -2.04. The summed E-state index contributed by atoms with van der Waals surface area (Å²) in [6.45, 7) is 4.80. The second kappa shape index (κ2) is 8.71. The lowest BCUT2D eigenvalue weighted by Crippen LogP contribution is -2.34. The highest BCUT2D eigenvalue weighted by atomic mass is 16.5. The molecule has 3 atom stereocenters. The number of aliphatic hydroxyl groups excluding tert-OH is 1. The van der Waals surface area contributed by atoms with Gasteiger partial charge in [0.05, 0.1) is 20.3 Å². The maximum absolute atomic E-state index is 10.4. The molecule has 2 aromatic carbocycles. The number of aliphatic hydroxyl groups is 1. The second-order valence-corrected chi connectivity index (χ2v) is 6.05. The van der Waals surface area contributed by atoms with E-state index in [1.807, 2.05) is 36.4 Å². The Balaban J connectivity index is 1.91. The van der Waals surface area contributed by atoms with Crippen molar-refractivity contribution in [2.45, 2.75) is 31.9 Å². The molecule has 0 aromatic heterocycles. The van der Waals surface area contributed by atoms with Gasteiger partial charge in [-0.3, -0.25) is 0 Å². The summed E-state index contributed by atoms with van der Waals surface area (Å²) in [7, 11) is 3.30. The van der Waals surface area contributed by atoms with E-state index in [0.717, 1.165) is 17.1 Å². The molecule has 2 aromatic rings. The monoisotopic (exact) mass is 329 g/mol. The minimum atomic E-state index is -0.564. The van der Waals surface area contributed by atoms with E-state index in [2.05, 4.69) is 31.3 Å². The predicted molar refractivity (Wildman–Crippen MR) is 96.8 cm³/mol. The quantitative estimate of drug-likeness (QED) is 0.778. The van der Waals surface area contributed by atoms with E-state index >= 15 is 0 Å². The van der Waals surface area contributed by atoms with Crippen LogP contribution in [0.5, 0.6) is 11.5 Å². The molecule has 0 amide bonds. The summed E-state index contributed by atoms with van der Waals surface area (Å²) in [5.74, 6) is 1.94. The van der Waals surface area contributed by atoms with E-state index in [1.54, 1.807) is 14.2 Å². The normalized spacial score (nSPS) is 14.7. The summed E-state index contributed by atoms with van der Waals surface area (Å²) >= 11 is 0. The summed E-state index contributed by atoms with van der Waals surface area (Å²) in [5, 5.41) is 13.8. The van der Waals surface area contributed by atoms with E-state index in [9.17, 15) is 5.11 Å². The van der Waals surface area contributed by atoms with Crippen LogP contribution in [0.2, 0.25) is 0 Å². The average molecular weight is 329 g/mol. The van der Waals surface area contributed by atoms with Crippen LogP contribution < -0.4 is 14.8 Å². The number of benzene rings is 2. The first kappa shape index (κ1) is 18.3. The third-order valence-corrected chi connectivity index (χ3v) is 4.50. The molecule has 3 unspecified atom stereocenters. The molecule has 24 heavy (non-hydrogen) atoms. The Labute approximate surface area is 144 Å². The highest BCUT2D eigenvalue weighted by molar-refractivity contribution is 5.31. The van der Waals surface area contributed by atoms with Crippen LogP contribution in [0.4, 0.5) is 0 Å². The van der Waals surface area contributed by atoms with Crippen LogP contribution in [-0.2, 0) is 0 Å². The van der Waals surface area contributed by atoms with Gasteiger partial charge in [-0.05, 0) is 48.2 Å². The molecule has 2 rings (SSSR count). The molecule has 0 radical (unpaired) electrons. The van der Waals surface area contributed by atoms with E-state index in [-0.39, 0.29) is 6.04 Å². The van der Waals surface area contributed by atoms with Gasteiger partial charge in [-0.15, -0.1) is 0 Å². The summed E-state index contributed by atoms with van der Waals surface area (Å²) in [4.78, 5) is 0. The SMILES string of the molecule is COc1ccc(C(C)C(C)NCC(O)c2cccc(OC)c2)cc1. The van der Waals surface area contributed by atoms with Gasteiger partial charge in [-0.2, -0.15) is 0 Å². The van der Waals surface area contributed by atoms with Gasteiger partial charge < -0.3 is 19.9 Å². The van der Waals surface area contributed by atoms with Crippen molar-refractivity contribution in [1.82, 2.24) is 5.32 Å². The average Bonchev–Trinajstić information content (AvgIpc) is 2.65. The molecule has 0 spiro atoms. The molecule has 0 aliphatic rings. The van der Waals surface area contributed by atoms with Crippen LogP contribution in [0.25, 0.3) is 0 Å². The number of methoxy groups -OCH3 is 2. The molecule has 130 valence electrons. The zero-order valence-corrected chi connectivity index (χ0v) is 14.8. The third-order valence-electron chi connectivity index (χ3n) is 4.50. The molecular weight excluding hydrogens is 302 g/mol. The molecule has 0 heterocycles. The van der Waals surface area contributed by atoms with Gasteiger partial charge in [-0.25, -0.2) is 0 Å². The molecule has 4 heteroatoms. The van der Waals surface area contributed by atoms with Gasteiger partial charge in [0.25, 0.3) is 0 Å². The Morgan fingerprint density at radius 1 is 0.917 bits per heavy atom. The van der Waals surface area contributed by atoms with Crippen LogP contribution >= 0.6 is 0 Å². The summed E-state index contributed by atoms with van der Waals surface area (Å²) < 4.78 is 10.4. The third kappa shape index (κ3) is 4.73. The first-order valence-electron chi connectivity index (χ1n) is 8.24. The Bertz CT molecular complexity index is 627. The standard InChI is InChI=1S/C20H27NO3/c1-14(16-8-10-18(23-3)11-9-16)15(2)21-13-20(22)17-6-5-7-19(12-17)24-4/h5-12,14-15,20-22H,13H2,1-4H3. The molecule has 4 nitrogen and oxygen atoms in total. The number of rotatable bonds is 8. The summed E-state index contributed by atoms with van der Waals surface area (Å²) in [5.41, 5.74) is 2.10. The molecule has 2 N–H and O–H groups in total. The molecule has 0 fully saturated rings. The number of hydrogen-bond acceptors (Lipinski definition) is 4. The van der Waals surface area contributed by atoms with Crippen LogP contribution in [-0.4, -0.2) is 31.9 Å². The van der Waals surface area contributed by atoms with Crippen molar-refractivity contribution in [1.29, 1.82) is 0 Å². The fraction of sp³-hybridized carbons (Fsp3) is 0.400. The highest BCUT2D eigenvalue weighted by Crippen LogP contribution is 2.23. The van der Waals surface area contributed by atoms with Crippen LogP contribution in [0.1, 0.15) is 37.0 Å². The van der Waals surface area contributed by atoms with Gasteiger partial charge in [0.15, 0.2) is 0 Å². The summed E-state index contributed by atoms with van der Waals surface area (Å²) in [6, 6.07) is 15.9. The minimum Gasteiger partial charge on any atom is -0.497 e. The van der Waals surface area contributed by atoms with Crippen molar-refractivity contribution in [2.75, 3.05) is 20.8 Å². The molecule has 0 aliphatic carbocycles. The van der Waals surface area contributed by atoms with Crippen LogP contribution in [0.3, 0.4) is 0 Å². The smallest absolute Gasteiger partial charge is 0.119 e. The Morgan fingerprint density at radius 2 is 1.58 bits per heavy atom. The topological polar surface area (TPSA) is 50.7 Å². The van der Waals surface area contributed by atoms with Crippen LogP contribution in [0.15, 0.2) is 48.5 Å². The minimum absolute atomic E-state index is 0.235. The van der Waals surface area contributed by atoms with Gasteiger partial charge in [0.2, 0.25) is 0 Å². The number of hydrogen-bond donors (Lipinski definition) is 2. The highest BCUT2D eigenvalue weighted by Gasteiger charge is 2.16. The van der Waals surface area contributed by atoms with Gasteiger partial charge in [0, 0.05) is 12.6 Å². The van der Waals surface area contributed by atoms with E-state index in [1.165, 1.54) is 5.56 Å². The zero-order valence-electron chi connectivity index (χ0n) is 14.8. The molecule has 0 saturated carbocycles. The van der Waals surface area contributed by atoms with Crippen molar-refractivity contribution >= 4 is 0 Å².